The number of rotatable bonds is 5. The molecule has 4 heterocycles. The first-order valence-electron chi connectivity index (χ1n) is 9.91. The molecule has 1 aromatic carbocycles. The molecular weight excluding hydrogens is 442 g/mol. The fourth-order valence-corrected chi connectivity index (χ4v) is 4.70. The van der Waals surface area contributed by atoms with Gasteiger partial charge in [-0.15, -0.1) is 11.3 Å². The molecule has 10 heteroatoms. The minimum absolute atomic E-state index is 0.0283. The molecule has 0 atom stereocenters. The molecule has 0 aliphatic carbocycles. The summed E-state index contributed by atoms with van der Waals surface area (Å²) in [5.74, 6) is -0.279. The zero-order valence-corrected chi connectivity index (χ0v) is 18.4. The van der Waals surface area contributed by atoms with Crippen molar-refractivity contribution in [3.63, 3.8) is 0 Å². The summed E-state index contributed by atoms with van der Waals surface area (Å²) in [7, 11) is 0. The number of para-hydroxylation sites is 1. The Morgan fingerprint density at radius 1 is 1.21 bits per heavy atom. The SMILES string of the molecule is CC(=O)c1c(C)nc2sc(/C([O-])=N/c3c[n+](-c4ccccc4)no3)c(N)c2c1-c1ccco1. The number of anilines is 1. The smallest absolute Gasteiger partial charge is 0.321 e. The largest absolute Gasteiger partial charge is 0.857 e. The minimum Gasteiger partial charge on any atom is -0.857 e. The molecule has 0 aliphatic rings. The Labute approximate surface area is 191 Å². The van der Waals surface area contributed by atoms with Crippen LogP contribution in [0.15, 0.2) is 68.9 Å². The van der Waals surface area contributed by atoms with Crippen molar-refractivity contribution in [3.05, 3.63) is 71.1 Å². The summed E-state index contributed by atoms with van der Waals surface area (Å²) in [6.07, 6.45) is 3.01. The van der Waals surface area contributed by atoms with Crippen LogP contribution in [0.3, 0.4) is 0 Å². The first kappa shape index (κ1) is 20.6. The Bertz CT molecular complexity index is 1520. The van der Waals surface area contributed by atoms with E-state index in [1.54, 1.807) is 19.1 Å². The number of pyridine rings is 1. The molecule has 0 unspecified atom stereocenters. The molecule has 2 N–H and O–H groups in total. The van der Waals surface area contributed by atoms with Gasteiger partial charge < -0.3 is 15.3 Å². The van der Waals surface area contributed by atoms with Crippen LogP contribution in [0.25, 0.3) is 27.2 Å². The van der Waals surface area contributed by atoms with Crippen molar-refractivity contribution < 1.29 is 23.5 Å². The van der Waals surface area contributed by atoms with Gasteiger partial charge in [0.25, 0.3) is 6.20 Å². The van der Waals surface area contributed by atoms with Crippen LogP contribution >= 0.6 is 11.3 Å². The number of Topliss-reactive ketones (excluding diaryl/α,β-unsaturated/α-hetero) is 1. The van der Waals surface area contributed by atoms with Gasteiger partial charge in [-0.05, 0) is 30.7 Å². The molecule has 0 bridgehead atoms. The van der Waals surface area contributed by atoms with E-state index in [0.717, 1.165) is 17.0 Å². The van der Waals surface area contributed by atoms with Crippen molar-refractivity contribution in [1.29, 1.82) is 0 Å². The summed E-state index contributed by atoms with van der Waals surface area (Å²) in [6.45, 7) is 3.19. The molecule has 0 fully saturated rings. The summed E-state index contributed by atoms with van der Waals surface area (Å²) in [5, 5.41) is 17.4. The fraction of sp³-hybridized carbons (Fsp3) is 0.0870. The third kappa shape index (κ3) is 3.56. The van der Waals surface area contributed by atoms with Crippen molar-refractivity contribution in [2.75, 3.05) is 5.73 Å². The molecule has 0 radical (unpaired) electrons. The maximum atomic E-state index is 13.0. The average molecular weight is 459 g/mol. The van der Waals surface area contributed by atoms with Crippen LogP contribution < -0.4 is 15.5 Å². The second-order valence-corrected chi connectivity index (χ2v) is 8.24. The Kier molecular flexibility index (Phi) is 4.98. The highest BCUT2D eigenvalue weighted by atomic mass is 32.1. The van der Waals surface area contributed by atoms with E-state index in [4.69, 9.17) is 14.7 Å². The average Bonchev–Trinajstić information content (AvgIpc) is 3.54. The summed E-state index contributed by atoms with van der Waals surface area (Å²) in [6, 6.07) is 12.7. The number of carbonyl (C=O) groups excluding carboxylic acids is 1. The van der Waals surface area contributed by atoms with Gasteiger partial charge >= 0.3 is 5.88 Å². The number of nitrogens with zero attached hydrogens (tertiary/aromatic N) is 4. The number of carbonyl (C=O) groups is 1. The molecule has 33 heavy (non-hydrogen) atoms. The number of benzene rings is 1. The van der Waals surface area contributed by atoms with Gasteiger partial charge in [-0.3, -0.25) is 9.32 Å². The summed E-state index contributed by atoms with van der Waals surface area (Å²) in [5.41, 5.74) is 8.79. The standard InChI is InChI=1S/C23H17N5O4S/c1-12-17(13(2)29)18(15-9-6-10-31-15)19-20(24)21(33-23(19)25-12)22(30)26-16-11-28(27-32-16)14-7-4-3-5-8-14/h3-11H,1-2H3,(H2-,24,26,27,30). The van der Waals surface area contributed by atoms with Gasteiger partial charge in [0.2, 0.25) is 11.0 Å². The zero-order chi connectivity index (χ0) is 23.1. The quantitative estimate of drug-likeness (QED) is 0.184. The van der Waals surface area contributed by atoms with Crippen LogP contribution in [0.5, 0.6) is 0 Å². The Balaban J connectivity index is 1.64. The molecule has 4 aromatic heterocycles. The van der Waals surface area contributed by atoms with Crippen LogP contribution in [0.1, 0.15) is 27.9 Å². The third-order valence-corrected chi connectivity index (χ3v) is 6.15. The topological polar surface area (TPSA) is 134 Å². The van der Waals surface area contributed by atoms with E-state index >= 15 is 0 Å². The molecule has 0 amide bonds. The number of nitrogen functional groups attached to an aromatic ring is 1. The van der Waals surface area contributed by atoms with Crippen LogP contribution in [-0.2, 0) is 0 Å². The van der Waals surface area contributed by atoms with Crippen LogP contribution in [0, 0.1) is 6.92 Å². The van der Waals surface area contributed by atoms with Crippen molar-refractivity contribution in [1.82, 2.24) is 10.3 Å². The Hall–Kier alpha value is -4.31. The zero-order valence-electron chi connectivity index (χ0n) is 17.6. The molecule has 5 aromatic rings. The lowest BCUT2D eigenvalue weighted by Crippen LogP contribution is -2.30. The highest BCUT2D eigenvalue weighted by Gasteiger charge is 2.24. The van der Waals surface area contributed by atoms with E-state index < -0.39 is 5.90 Å². The number of aliphatic imine (C=N–C) groups is 1. The molecule has 0 saturated heterocycles. The van der Waals surface area contributed by atoms with Crippen molar-refractivity contribution in [3.8, 4) is 17.0 Å². The summed E-state index contributed by atoms with van der Waals surface area (Å²) in [4.78, 5) is 21.7. The lowest BCUT2D eigenvalue weighted by molar-refractivity contribution is -0.670. The van der Waals surface area contributed by atoms with Crippen LogP contribution in [0.2, 0.25) is 0 Å². The van der Waals surface area contributed by atoms with Gasteiger partial charge in [-0.1, -0.05) is 18.2 Å². The van der Waals surface area contributed by atoms with Gasteiger partial charge in [-0.25, -0.2) is 9.98 Å². The number of aromatic nitrogens is 3. The molecule has 164 valence electrons. The van der Waals surface area contributed by atoms with Gasteiger partial charge in [-0.2, -0.15) is 0 Å². The monoisotopic (exact) mass is 459 g/mol. The van der Waals surface area contributed by atoms with E-state index in [1.807, 2.05) is 30.3 Å². The Morgan fingerprint density at radius 3 is 2.70 bits per heavy atom. The van der Waals surface area contributed by atoms with Crippen LogP contribution in [0.4, 0.5) is 11.6 Å². The molecule has 0 spiro atoms. The normalized spacial score (nSPS) is 11.9. The number of nitrogens with two attached hydrogens (primary N) is 1. The predicted molar refractivity (Wildman–Crippen MR) is 121 cm³/mol. The van der Waals surface area contributed by atoms with Gasteiger partial charge in [0.05, 0.1) is 28.1 Å². The number of thiophene rings is 1. The predicted octanol–water partition coefficient (Wildman–Crippen LogP) is 3.35. The van der Waals surface area contributed by atoms with E-state index in [0.29, 0.717) is 32.8 Å². The molecular formula is C23H17N5O4S. The minimum atomic E-state index is -0.598. The highest BCUT2D eigenvalue weighted by molar-refractivity contribution is 7.21. The van der Waals surface area contributed by atoms with E-state index in [9.17, 15) is 9.90 Å². The molecule has 0 saturated carbocycles. The number of hydrogen-bond acceptors (Lipinski definition) is 9. The maximum absolute atomic E-state index is 13.0. The van der Waals surface area contributed by atoms with E-state index in [1.165, 1.54) is 24.1 Å². The lowest BCUT2D eigenvalue weighted by Gasteiger charge is -2.11. The molecule has 0 aliphatic heterocycles. The highest BCUT2D eigenvalue weighted by Crippen LogP contribution is 2.42. The first-order chi connectivity index (χ1) is 15.9. The van der Waals surface area contributed by atoms with Crippen molar-refractivity contribution in [2.45, 2.75) is 13.8 Å². The van der Waals surface area contributed by atoms with Crippen LogP contribution in [-0.4, -0.2) is 21.9 Å². The number of aryl methyl sites for hydroxylation is 1. The summed E-state index contributed by atoms with van der Waals surface area (Å²) >= 11 is 1.10. The van der Waals surface area contributed by atoms with Gasteiger partial charge in [0, 0.05) is 29.0 Å². The van der Waals surface area contributed by atoms with Crippen molar-refractivity contribution in [2.24, 2.45) is 4.99 Å². The van der Waals surface area contributed by atoms with Gasteiger partial charge in [0.1, 0.15) is 10.6 Å². The second-order valence-electron chi connectivity index (χ2n) is 7.24. The number of ketones is 1. The number of fused-ring (bicyclic) bond motifs is 1. The number of hydrogen-bond donors (Lipinski definition) is 1. The number of furan rings is 1. The molecule has 9 nitrogen and oxygen atoms in total. The summed E-state index contributed by atoms with van der Waals surface area (Å²) < 4.78 is 12.2. The van der Waals surface area contributed by atoms with E-state index in [-0.39, 0.29) is 22.2 Å². The maximum Gasteiger partial charge on any atom is 0.321 e. The van der Waals surface area contributed by atoms with E-state index in [2.05, 4.69) is 15.2 Å². The third-order valence-electron chi connectivity index (χ3n) is 5.06. The van der Waals surface area contributed by atoms with Crippen molar-refractivity contribution >= 4 is 44.8 Å². The first-order valence-corrected chi connectivity index (χ1v) is 10.7. The Morgan fingerprint density at radius 2 is 2.00 bits per heavy atom. The van der Waals surface area contributed by atoms with Gasteiger partial charge in [0.15, 0.2) is 5.78 Å². The molecule has 5 rings (SSSR count). The fourth-order valence-electron chi connectivity index (χ4n) is 3.66. The lowest BCUT2D eigenvalue weighted by atomic mass is 9.97. The second kappa shape index (κ2) is 7.99.